The normalized spacial score (nSPS) is 14.1. The summed E-state index contributed by atoms with van der Waals surface area (Å²) < 4.78 is 18.1. The predicted molar refractivity (Wildman–Crippen MR) is 101 cm³/mol. The molecule has 0 saturated carbocycles. The average molecular weight is 392 g/mol. The largest absolute Gasteiger partial charge is 0.452 e. The Morgan fingerprint density at radius 1 is 1.07 bits per heavy atom. The number of halogens is 2. The van der Waals surface area contributed by atoms with Crippen LogP contribution in [0.1, 0.15) is 10.4 Å². The van der Waals surface area contributed by atoms with E-state index in [2.05, 4.69) is 4.90 Å². The second kappa shape index (κ2) is 8.26. The summed E-state index contributed by atoms with van der Waals surface area (Å²) in [7, 11) is 0. The molecule has 1 amide bonds. The zero-order valence-corrected chi connectivity index (χ0v) is 15.3. The van der Waals surface area contributed by atoms with Gasteiger partial charge in [0.1, 0.15) is 5.82 Å². The molecule has 0 unspecified atom stereocenters. The topological polar surface area (TPSA) is 75.9 Å². The summed E-state index contributed by atoms with van der Waals surface area (Å²) in [6.07, 6.45) is 0. The molecule has 8 heteroatoms. The zero-order valence-electron chi connectivity index (χ0n) is 14.5. The SMILES string of the molecule is Nc1cc(C(=O)OCC(=O)N2CCN(c3ccc(F)cc3)CC2)ccc1Cl. The van der Waals surface area contributed by atoms with E-state index in [1.807, 2.05) is 0 Å². The van der Waals surface area contributed by atoms with E-state index < -0.39 is 5.97 Å². The van der Waals surface area contributed by atoms with E-state index in [0.29, 0.717) is 31.2 Å². The second-order valence-corrected chi connectivity index (χ2v) is 6.56. The third kappa shape index (κ3) is 4.68. The third-order valence-corrected chi connectivity index (χ3v) is 4.73. The Hall–Kier alpha value is -2.80. The van der Waals surface area contributed by atoms with Gasteiger partial charge in [0, 0.05) is 31.9 Å². The number of carbonyl (C=O) groups excluding carboxylic acids is 2. The summed E-state index contributed by atoms with van der Waals surface area (Å²) >= 11 is 5.82. The van der Waals surface area contributed by atoms with Gasteiger partial charge in [-0.1, -0.05) is 11.6 Å². The number of ether oxygens (including phenoxy) is 1. The Labute approximate surface area is 161 Å². The molecule has 2 aromatic carbocycles. The van der Waals surface area contributed by atoms with Crippen LogP contribution in [-0.4, -0.2) is 49.6 Å². The summed E-state index contributed by atoms with van der Waals surface area (Å²) in [6, 6.07) is 10.7. The Balaban J connectivity index is 1.48. The van der Waals surface area contributed by atoms with Crippen LogP contribution in [0.3, 0.4) is 0 Å². The molecule has 2 aromatic rings. The highest BCUT2D eigenvalue weighted by Crippen LogP contribution is 2.20. The number of nitrogens with two attached hydrogens (primary N) is 1. The molecule has 1 aliphatic heterocycles. The average Bonchev–Trinajstić information content (AvgIpc) is 2.68. The summed E-state index contributed by atoms with van der Waals surface area (Å²) in [5.41, 5.74) is 7.09. The van der Waals surface area contributed by atoms with Crippen molar-refractivity contribution in [2.75, 3.05) is 43.4 Å². The number of nitrogen functional groups attached to an aromatic ring is 1. The minimum Gasteiger partial charge on any atom is -0.452 e. The monoisotopic (exact) mass is 391 g/mol. The molecule has 1 fully saturated rings. The van der Waals surface area contributed by atoms with E-state index in [-0.39, 0.29) is 29.6 Å². The molecule has 1 aliphatic rings. The molecular formula is C19H19ClFN3O3. The van der Waals surface area contributed by atoms with Crippen LogP contribution in [0.25, 0.3) is 0 Å². The van der Waals surface area contributed by atoms with E-state index >= 15 is 0 Å². The van der Waals surface area contributed by atoms with E-state index in [1.165, 1.54) is 30.3 Å². The standard InChI is InChI=1S/C19H19ClFN3O3/c20-16-6-1-13(11-17(16)22)19(26)27-12-18(25)24-9-7-23(8-10-24)15-4-2-14(21)3-5-15/h1-6,11H,7-10,12,22H2. The van der Waals surface area contributed by atoms with Crippen LogP contribution in [0.5, 0.6) is 0 Å². The molecular weight excluding hydrogens is 373 g/mol. The Morgan fingerprint density at radius 3 is 2.37 bits per heavy atom. The van der Waals surface area contributed by atoms with E-state index in [0.717, 1.165) is 5.69 Å². The molecule has 2 N–H and O–H groups in total. The highest BCUT2D eigenvalue weighted by Gasteiger charge is 2.22. The van der Waals surface area contributed by atoms with Gasteiger partial charge in [-0.25, -0.2) is 9.18 Å². The molecule has 0 spiro atoms. The summed E-state index contributed by atoms with van der Waals surface area (Å²) in [4.78, 5) is 28.0. The van der Waals surface area contributed by atoms with Crippen molar-refractivity contribution in [1.29, 1.82) is 0 Å². The van der Waals surface area contributed by atoms with Crippen LogP contribution < -0.4 is 10.6 Å². The van der Waals surface area contributed by atoms with Gasteiger partial charge in [-0.2, -0.15) is 0 Å². The molecule has 0 atom stereocenters. The molecule has 6 nitrogen and oxygen atoms in total. The first-order valence-electron chi connectivity index (χ1n) is 8.44. The fourth-order valence-electron chi connectivity index (χ4n) is 2.84. The maximum atomic E-state index is 13.0. The molecule has 1 heterocycles. The van der Waals surface area contributed by atoms with Crippen LogP contribution in [0, 0.1) is 5.82 Å². The molecule has 0 aliphatic carbocycles. The first-order chi connectivity index (χ1) is 12.9. The van der Waals surface area contributed by atoms with Crippen LogP contribution >= 0.6 is 11.6 Å². The number of hydrogen-bond donors (Lipinski definition) is 1. The number of nitrogens with zero attached hydrogens (tertiary/aromatic N) is 2. The van der Waals surface area contributed by atoms with Gasteiger partial charge < -0.3 is 20.3 Å². The molecule has 142 valence electrons. The van der Waals surface area contributed by atoms with Gasteiger partial charge in [-0.05, 0) is 42.5 Å². The van der Waals surface area contributed by atoms with Gasteiger partial charge in [0.25, 0.3) is 5.91 Å². The predicted octanol–water partition coefficient (Wildman–Crippen LogP) is 2.57. The Morgan fingerprint density at radius 2 is 1.74 bits per heavy atom. The minimum atomic E-state index is -0.628. The number of amides is 1. The van der Waals surface area contributed by atoms with Crippen molar-refractivity contribution in [2.45, 2.75) is 0 Å². The van der Waals surface area contributed by atoms with Crippen molar-refractivity contribution >= 4 is 34.9 Å². The molecule has 27 heavy (non-hydrogen) atoms. The first kappa shape index (κ1) is 19.0. The lowest BCUT2D eigenvalue weighted by Gasteiger charge is -2.36. The number of piperazine rings is 1. The van der Waals surface area contributed by atoms with Crippen molar-refractivity contribution in [3.8, 4) is 0 Å². The van der Waals surface area contributed by atoms with Gasteiger partial charge in [0.05, 0.1) is 16.3 Å². The molecule has 0 bridgehead atoms. The fraction of sp³-hybridized carbons (Fsp3) is 0.263. The van der Waals surface area contributed by atoms with Gasteiger partial charge in [0.2, 0.25) is 0 Å². The van der Waals surface area contributed by atoms with E-state index in [1.54, 1.807) is 17.0 Å². The molecule has 3 rings (SSSR count). The van der Waals surface area contributed by atoms with Gasteiger partial charge >= 0.3 is 5.97 Å². The maximum absolute atomic E-state index is 13.0. The van der Waals surface area contributed by atoms with E-state index in [4.69, 9.17) is 22.1 Å². The van der Waals surface area contributed by atoms with Crippen molar-refractivity contribution in [2.24, 2.45) is 0 Å². The third-order valence-electron chi connectivity index (χ3n) is 4.38. The fourth-order valence-corrected chi connectivity index (χ4v) is 2.96. The smallest absolute Gasteiger partial charge is 0.338 e. The van der Waals surface area contributed by atoms with Gasteiger partial charge in [0.15, 0.2) is 6.61 Å². The van der Waals surface area contributed by atoms with Crippen LogP contribution in [-0.2, 0) is 9.53 Å². The number of hydrogen-bond acceptors (Lipinski definition) is 5. The molecule has 0 radical (unpaired) electrons. The van der Waals surface area contributed by atoms with Crippen molar-refractivity contribution in [3.63, 3.8) is 0 Å². The number of benzene rings is 2. The first-order valence-corrected chi connectivity index (χ1v) is 8.82. The Bertz CT molecular complexity index is 837. The highest BCUT2D eigenvalue weighted by molar-refractivity contribution is 6.33. The van der Waals surface area contributed by atoms with Gasteiger partial charge in [-0.3, -0.25) is 4.79 Å². The van der Waals surface area contributed by atoms with Crippen molar-refractivity contribution < 1.29 is 18.7 Å². The van der Waals surface area contributed by atoms with E-state index in [9.17, 15) is 14.0 Å². The maximum Gasteiger partial charge on any atom is 0.338 e. The van der Waals surface area contributed by atoms with Crippen LogP contribution in [0.4, 0.5) is 15.8 Å². The lowest BCUT2D eigenvalue weighted by Crippen LogP contribution is -2.49. The molecule has 1 saturated heterocycles. The lowest BCUT2D eigenvalue weighted by molar-refractivity contribution is -0.134. The number of rotatable bonds is 4. The van der Waals surface area contributed by atoms with Crippen LogP contribution in [0.15, 0.2) is 42.5 Å². The number of anilines is 2. The number of carbonyl (C=O) groups is 2. The van der Waals surface area contributed by atoms with Gasteiger partial charge in [-0.15, -0.1) is 0 Å². The summed E-state index contributed by atoms with van der Waals surface area (Å²) in [6.45, 7) is 1.92. The highest BCUT2D eigenvalue weighted by atomic mass is 35.5. The summed E-state index contributed by atoms with van der Waals surface area (Å²) in [5.74, 6) is -1.17. The quantitative estimate of drug-likeness (QED) is 0.640. The van der Waals surface area contributed by atoms with Crippen molar-refractivity contribution in [1.82, 2.24) is 4.90 Å². The minimum absolute atomic E-state index is 0.242. The van der Waals surface area contributed by atoms with Crippen molar-refractivity contribution in [3.05, 3.63) is 58.9 Å². The second-order valence-electron chi connectivity index (χ2n) is 6.16. The summed E-state index contributed by atoms with van der Waals surface area (Å²) in [5, 5.41) is 0.349. The number of esters is 1. The molecule has 0 aromatic heterocycles. The zero-order chi connectivity index (χ0) is 19.4. The van der Waals surface area contributed by atoms with Crippen LogP contribution in [0.2, 0.25) is 5.02 Å². The Kier molecular flexibility index (Phi) is 5.81. The lowest BCUT2D eigenvalue weighted by atomic mass is 10.2.